The van der Waals surface area contributed by atoms with Crippen LogP contribution >= 0.6 is 34.9 Å². The summed E-state index contributed by atoms with van der Waals surface area (Å²) < 4.78 is 10.3. The van der Waals surface area contributed by atoms with Crippen LogP contribution in [0.25, 0.3) is 16.9 Å². The van der Waals surface area contributed by atoms with E-state index in [4.69, 9.17) is 23.2 Å². The first-order chi connectivity index (χ1) is 12.6. The van der Waals surface area contributed by atoms with Gasteiger partial charge >= 0.3 is 0 Å². The van der Waals surface area contributed by atoms with Crippen LogP contribution in [0.5, 0.6) is 0 Å². The van der Waals surface area contributed by atoms with Crippen molar-refractivity contribution in [2.24, 2.45) is 0 Å². The van der Waals surface area contributed by atoms with E-state index in [1.165, 1.54) is 0 Å². The number of halogens is 2. The van der Waals surface area contributed by atoms with Crippen molar-refractivity contribution >= 4 is 57.6 Å². The second-order valence-electron chi connectivity index (χ2n) is 5.92. The molecule has 10 heteroatoms. The zero-order valence-electron chi connectivity index (χ0n) is 13.4. The fraction of sp³-hybridized carbons (Fsp3) is 0.125. The lowest BCUT2D eigenvalue weighted by Gasteiger charge is -2.29. The number of H-pyrrole nitrogens is 1. The van der Waals surface area contributed by atoms with Gasteiger partial charge in [-0.2, -0.15) is 13.8 Å². The summed E-state index contributed by atoms with van der Waals surface area (Å²) in [7, 11) is 0. The van der Waals surface area contributed by atoms with Crippen molar-refractivity contribution in [3.63, 3.8) is 0 Å². The predicted octanol–water partition coefficient (Wildman–Crippen LogP) is 4.36. The summed E-state index contributed by atoms with van der Waals surface area (Å²) in [4.78, 5) is 7.86. The predicted molar refractivity (Wildman–Crippen MR) is 103 cm³/mol. The summed E-state index contributed by atoms with van der Waals surface area (Å²) in [6, 6.07) is 7.31. The second kappa shape index (κ2) is 5.80. The van der Waals surface area contributed by atoms with Crippen molar-refractivity contribution in [2.75, 3.05) is 5.32 Å². The van der Waals surface area contributed by atoms with Crippen LogP contribution in [0.4, 0.5) is 5.82 Å². The lowest BCUT2D eigenvalue weighted by atomic mass is 9.95. The normalized spacial score (nSPS) is 16.8. The summed E-state index contributed by atoms with van der Waals surface area (Å²) in [5, 5.41) is 8.87. The topological polar surface area (TPSA) is 84.3 Å². The molecule has 0 radical (unpaired) electrons. The Kier molecular flexibility index (Phi) is 3.53. The van der Waals surface area contributed by atoms with E-state index in [0.29, 0.717) is 27.2 Å². The van der Waals surface area contributed by atoms with Crippen LogP contribution in [-0.2, 0) is 0 Å². The van der Waals surface area contributed by atoms with Gasteiger partial charge in [-0.05, 0) is 24.6 Å². The smallest absolute Gasteiger partial charge is 0.212 e. The average molecular weight is 404 g/mol. The van der Waals surface area contributed by atoms with Crippen LogP contribution < -0.4 is 5.32 Å². The van der Waals surface area contributed by atoms with Gasteiger partial charge in [0.15, 0.2) is 5.65 Å². The number of hydrogen-bond donors (Lipinski definition) is 2. The van der Waals surface area contributed by atoms with Crippen LogP contribution in [0.2, 0.25) is 10.0 Å². The molecule has 3 aromatic heterocycles. The molecule has 1 unspecified atom stereocenters. The zero-order chi connectivity index (χ0) is 17.8. The highest BCUT2D eigenvalue weighted by Gasteiger charge is 2.31. The van der Waals surface area contributed by atoms with Crippen LogP contribution in [-0.4, -0.2) is 28.5 Å². The number of anilines is 1. The Labute approximate surface area is 162 Å². The molecule has 0 saturated carbocycles. The minimum absolute atomic E-state index is 0.213. The van der Waals surface area contributed by atoms with Gasteiger partial charge in [0, 0.05) is 17.3 Å². The van der Waals surface area contributed by atoms with Crippen molar-refractivity contribution in [1.82, 2.24) is 28.5 Å². The van der Waals surface area contributed by atoms with Gasteiger partial charge < -0.3 is 10.3 Å². The minimum atomic E-state index is -0.213. The average Bonchev–Trinajstić information content (AvgIpc) is 3.31. The molecule has 1 aliphatic rings. The monoisotopic (exact) mass is 403 g/mol. The number of aromatic nitrogens is 6. The third-order valence-electron chi connectivity index (χ3n) is 4.35. The van der Waals surface area contributed by atoms with Gasteiger partial charge in [0.1, 0.15) is 17.7 Å². The summed E-state index contributed by atoms with van der Waals surface area (Å²) in [6.07, 6.45) is 1.76. The molecule has 0 bridgehead atoms. The zero-order valence-corrected chi connectivity index (χ0v) is 15.7. The molecule has 1 aromatic carbocycles. The summed E-state index contributed by atoms with van der Waals surface area (Å²) in [6.45, 7) is 2.01. The van der Waals surface area contributed by atoms with E-state index >= 15 is 0 Å². The number of rotatable bonds is 2. The molecule has 130 valence electrons. The van der Waals surface area contributed by atoms with E-state index in [2.05, 4.69) is 29.1 Å². The molecule has 0 aliphatic carbocycles. The molecular weight excluding hydrogens is 393 g/mol. The molecule has 7 nitrogen and oxygen atoms in total. The van der Waals surface area contributed by atoms with Gasteiger partial charge in [-0.3, -0.25) is 0 Å². The van der Waals surface area contributed by atoms with Crippen molar-refractivity contribution in [3.8, 4) is 0 Å². The Hall–Kier alpha value is -2.42. The third-order valence-corrected chi connectivity index (χ3v) is 5.61. The van der Waals surface area contributed by atoms with E-state index in [0.717, 1.165) is 34.4 Å². The highest BCUT2D eigenvalue weighted by Crippen LogP contribution is 2.41. The molecule has 1 aliphatic heterocycles. The van der Waals surface area contributed by atoms with Gasteiger partial charge in [0.2, 0.25) is 5.65 Å². The van der Waals surface area contributed by atoms with Crippen molar-refractivity contribution < 1.29 is 0 Å². The van der Waals surface area contributed by atoms with Crippen molar-refractivity contribution in [1.29, 1.82) is 0 Å². The van der Waals surface area contributed by atoms with Crippen LogP contribution in [0.15, 0.2) is 36.2 Å². The maximum Gasteiger partial charge on any atom is 0.212 e. The molecule has 1 atom stereocenters. The van der Waals surface area contributed by atoms with E-state index in [1.807, 2.05) is 29.8 Å². The van der Waals surface area contributed by atoms with E-state index in [9.17, 15) is 0 Å². The number of hydrogen-bond acceptors (Lipinski definition) is 6. The van der Waals surface area contributed by atoms with Gasteiger partial charge in [0.05, 0.1) is 28.0 Å². The Morgan fingerprint density at radius 2 is 2.04 bits per heavy atom. The highest BCUT2D eigenvalue weighted by atomic mass is 35.5. The molecule has 5 rings (SSSR count). The largest absolute Gasteiger partial charge is 0.344 e. The van der Waals surface area contributed by atoms with Crippen LogP contribution in [0.3, 0.4) is 0 Å². The maximum atomic E-state index is 6.28. The van der Waals surface area contributed by atoms with E-state index in [1.54, 1.807) is 12.3 Å². The Balaban J connectivity index is 1.74. The van der Waals surface area contributed by atoms with Gasteiger partial charge in [-0.1, -0.05) is 29.3 Å². The van der Waals surface area contributed by atoms with E-state index in [-0.39, 0.29) is 6.04 Å². The SMILES string of the molecule is CC1=C(c2nc3nsnc3[nH]2)C(c2ccc(Cl)c(Cl)c2)n2nccc2N1. The van der Waals surface area contributed by atoms with E-state index < -0.39 is 0 Å². The number of fused-ring (bicyclic) bond motifs is 2. The Morgan fingerprint density at radius 3 is 2.85 bits per heavy atom. The quantitative estimate of drug-likeness (QED) is 0.519. The number of imidazole rings is 1. The number of allylic oxidation sites excluding steroid dienone is 2. The third kappa shape index (κ3) is 2.33. The van der Waals surface area contributed by atoms with Crippen LogP contribution in [0, 0.1) is 0 Å². The van der Waals surface area contributed by atoms with Gasteiger partial charge in [0.25, 0.3) is 0 Å². The number of benzene rings is 1. The Bertz CT molecular complexity index is 1140. The number of nitrogens with zero attached hydrogens (tertiary/aromatic N) is 5. The molecule has 0 saturated heterocycles. The molecule has 2 N–H and O–H groups in total. The molecule has 4 heterocycles. The molecule has 4 aromatic rings. The maximum absolute atomic E-state index is 6.28. The van der Waals surface area contributed by atoms with Crippen LogP contribution in [0.1, 0.15) is 24.4 Å². The van der Waals surface area contributed by atoms with Crippen molar-refractivity contribution in [3.05, 3.63) is 57.6 Å². The summed E-state index contributed by atoms with van der Waals surface area (Å²) in [5.74, 6) is 1.59. The lowest BCUT2D eigenvalue weighted by molar-refractivity contribution is 0.616. The molecule has 0 spiro atoms. The first kappa shape index (κ1) is 15.8. The van der Waals surface area contributed by atoms with Gasteiger partial charge in [-0.25, -0.2) is 9.67 Å². The fourth-order valence-electron chi connectivity index (χ4n) is 3.21. The first-order valence-corrected chi connectivity index (χ1v) is 9.25. The van der Waals surface area contributed by atoms with Crippen molar-refractivity contribution in [2.45, 2.75) is 13.0 Å². The first-order valence-electron chi connectivity index (χ1n) is 7.76. The Morgan fingerprint density at radius 1 is 1.15 bits per heavy atom. The molecule has 26 heavy (non-hydrogen) atoms. The lowest BCUT2D eigenvalue weighted by Crippen LogP contribution is -2.24. The second-order valence-corrected chi connectivity index (χ2v) is 7.27. The number of aromatic amines is 1. The van der Waals surface area contributed by atoms with Gasteiger partial charge in [-0.15, -0.1) is 0 Å². The highest BCUT2D eigenvalue weighted by molar-refractivity contribution is 7.00. The molecular formula is C16H11Cl2N7S. The number of nitrogens with one attached hydrogen (secondary N) is 2. The fourth-order valence-corrected chi connectivity index (χ4v) is 3.97. The summed E-state index contributed by atoms with van der Waals surface area (Å²) >= 11 is 13.5. The molecule has 0 fully saturated rings. The standard InChI is InChI=1S/C16H11Cl2N7S/c1-7-12(14-21-15-16(22-14)24-26-23-15)13(25-11(20-7)4-5-19-25)8-2-3-9(17)10(18)6-8/h2-6,13,20H,1H3,(H,21,22,23,24). The molecule has 0 amide bonds. The summed E-state index contributed by atoms with van der Waals surface area (Å²) in [5.41, 5.74) is 4.15. The minimum Gasteiger partial charge on any atom is -0.344 e.